The third-order valence-electron chi connectivity index (χ3n) is 5.59. The number of nitrogens with zero attached hydrogens (tertiary/aromatic N) is 1. The summed E-state index contributed by atoms with van der Waals surface area (Å²) in [5.41, 5.74) is 2.38. The third kappa shape index (κ3) is 7.59. The SMILES string of the molecule is CCCc1ccc(OCC(=O)NC2CCN(C(=O)CCc3ccc(Cl)cc3)CC2)cc1. The van der Waals surface area contributed by atoms with Gasteiger partial charge in [-0.1, -0.05) is 49.2 Å². The van der Waals surface area contributed by atoms with E-state index in [0.717, 1.165) is 31.2 Å². The molecule has 2 aromatic carbocycles. The van der Waals surface area contributed by atoms with Crippen LogP contribution in [0.25, 0.3) is 0 Å². The van der Waals surface area contributed by atoms with Crippen LogP contribution in [0.2, 0.25) is 5.02 Å². The molecule has 1 aliphatic rings. The molecule has 166 valence electrons. The molecule has 0 aliphatic carbocycles. The minimum absolute atomic E-state index is 0.00730. The zero-order chi connectivity index (χ0) is 22.1. The van der Waals surface area contributed by atoms with E-state index in [1.54, 1.807) is 0 Å². The summed E-state index contributed by atoms with van der Waals surface area (Å²) in [4.78, 5) is 26.6. The van der Waals surface area contributed by atoms with Crippen molar-refractivity contribution in [3.05, 3.63) is 64.7 Å². The molecule has 2 amide bonds. The van der Waals surface area contributed by atoms with Gasteiger partial charge in [0.25, 0.3) is 5.91 Å². The molecule has 0 unspecified atom stereocenters. The molecule has 1 N–H and O–H groups in total. The number of carbonyl (C=O) groups excluding carboxylic acids is 2. The second kappa shape index (κ2) is 11.8. The number of piperidine rings is 1. The Labute approximate surface area is 189 Å². The summed E-state index contributed by atoms with van der Waals surface area (Å²) in [6, 6.07) is 15.6. The number of hydrogen-bond donors (Lipinski definition) is 1. The molecule has 2 aromatic rings. The highest BCUT2D eigenvalue weighted by Gasteiger charge is 2.23. The van der Waals surface area contributed by atoms with Gasteiger partial charge in [0, 0.05) is 30.6 Å². The maximum absolute atomic E-state index is 12.5. The highest BCUT2D eigenvalue weighted by Crippen LogP contribution is 2.16. The van der Waals surface area contributed by atoms with Crippen LogP contribution in [0.3, 0.4) is 0 Å². The second-order valence-electron chi connectivity index (χ2n) is 8.03. The van der Waals surface area contributed by atoms with Crippen molar-refractivity contribution >= 4 is 23.4 Å². The Balaban J connectivity index is 1.33. The van der Waals surface area contributed by atoms with Gasteiger partial charge < -0.3 is 15.0 Å². The molecule has 1 saturated heterocycles. The normalized spacial score (nSPS) is 14.3. The number of likely N-dealkylation sites (tertiary alicyclic amines) is 1. The monoisotopic (exact) mass is 442 g/mol. The topological polar surface area (TPSA) is 58.6 Å². The van der Waals surface area contributed by atoms with E-state index in [4.69, 9.17) is 16.3 Å². The lowest BCUT2D eigenvalue weighted by atomic mass is 10.0. The summed E-state index contributed by atoms with van der Waals surface area (Å²) in [6.07, 6.45) is 4.89. The van der Waals surface area contributed by atoms with Crippen LogP contribution < -0.4 is 10.1 Å². The van der Waals surface area contributed by atoms with Gasteiger partial charge in [-0.05, 0) is 61.1 Å². The van der Waals surface area contributed by atoms with Gasteiger partial charge >= 0.3 is 0 Å². The molecule has 0 radical (unpaired) electrons. The minimum atomic E-state index is -0.120. The van der Waals surface area contributed by atoms with Gasteiger partial charge in [0.1, 0.15) is 5.75 Å². The molecule has 0 spiro atoms. The smallest absolute Gasteiger partial charge is 0.258 e. The summed E-state index contributed by atoms with van der Waals surface area (Å²) in [6.45, 7) is 3.50. The molecular weight excluding hydrogens is 412 g/mol. The molecule has 5 nitrogen and oxygen atoms in total. The van der Waals surface area contributed by atoms with Crippen LogP contribution in [0.1, 0.15) is 43.7 Å². The highest BCUT2D eigenvalue weighted by molar-refractivity contribution is 6.30. The van der Waals surface area contributed by atoms with E-state index in [0.29, 0.717) is 36.7 Å². The van der Waals surface area contributed by atoms with Crippen molar-refractivity contribution in [2.24, 2.45) is 0 Å². The standard InChI is InChI=1S/C25H31ClN2O3/c1-2-3-19-6-11-23(12-7-19)31-18-24(29)27-22-14-16-28(17-15-22)25(30)13-8-20-4-9-21(26)10-5-20/h4-7,9-12,22H,2-3,8,13-18H2,1H3,(H,27,29). The number of ether oxygens (including phenoxy) is 1. The lowest BCUT2D eigenvalue weighted by Crippen LogP contribution is -2.47. The summed E-state index contributed by atoms with van der Waals surface area (Å²) in [5, 5.41) is 3.73. The van der Waals surface area contributed by atoms with Crippen molar-refractivity contribution < 1.29 is 14.3 Å². The molecule has 0 saturated carbocycles. The van der Waals surface area contributed by atoms with Gasteiger partial charge in [-0.25, -0.2) is 0 Å². The first-order valence-corrected chi connectivity index (χ1v) is 11.4. The van der Waals surface area contributed by atoms with Crippen molar-refractivity contribution in [3.63, 3.8) is 0 Å². The van der Waals surface area contributed by atoms with Crippen LogP contribution in [-0.2, 0) is 22.4 Å². The number of carbonyl (C=O) groups is 2. The summed E-state index contributed by atoms with van der Waals surface area (Å²) in [5.74, 6) is 0.746. The lowest BCUT2D eigenvalue weighted by Gasteiger charge is -2.32. The fourth-order valence-electron chi connectivity index (χ4n) is 3.79. The zero-order valence-electron chi connectivity index (χ0n) is 18.1. The lowest BCUT2D eigenvalue weighted by molar-refractivity contribution is -0.132. The average Bonchev–Trinajstić information content (AvgIpc) is 2.79. The van der Waals surface area contributed by atoms with Gasteiger partial charge in [-0.15, -0.1) is 0 Å². The number of benzene rings is 2. The first-order chi connectivity index (χ1) is 15.0. The maximum atomic E-state index is 12.5. The molecule has 6 heteroatoms. The molecule has 31 heavy (non-hydrogen) atoms. The first kappa shape index (κ1) is 23.1. The van der Waals surface area contributed by atoms with Crippen LogP contribution in [0.5, 0.6) is 5.75 Å². The van der Waals surface area contributed by atoms with E-state index < -0.39 is 0 Å². The quantitative estimate of drug-likeness (QED) is 0.625. The highest BCUT2D eigenvalue weighted by atomic mass is 35.5. The number of hydrogen-bond acceptors (Lipinski definition) is 3. The fourth-order valence-corrected chi connectivity index (χ4v) is 3.92. The molecule has 3 rings (SSSR count). The minimum Gasteiger partial charge on any atom is -0.484 e. The summed E-state index contributed by atoms with van der Waals surface area (Å²) in [7, 11) is 0. The zero-order valence-corrected chi connectivity index (χ0v) is 18.9. The van der Waals surface area contributed by atoms with E-state index in [2.05, 4.69) is 12.2 Å². The Morgan fingerprint density at radius 2 is 1.61 bits per heavy atom. The molecule has 0 aromatic heterocycles. The van der Waals surface area contributed by atoms with Crippen molar-refractivity contribution in [2.45, 2.75) is 51.5 Å². The summed E-state index contributed by atoms with van der Waals surface area (Å²) < 4.78 is 5.60. The van der Waals surface area contributed by atoms with E-state index >= 15 is 0 Å². The maximum Gasteiger partial charge on any atom is 0.258 e. The van der Waals surface area contributed by atoms with Crippen LogP contribution in [-0.4, -0.2) is 42.5 Å². The Morgan fingerprint density at radius 1 is 1.00 bits per heavy atom. The van der Waals surface area contributed by atoms with Gasteiger partial charge in [0.05, 0.1) is 0 Å². The number of aryl methyl sites for hydroxylation is 2. The molecule has 1 aliphatic heterocycles. The Bertz CT molecular complexity index is 844. The third-order valence-corrected chi connectivity index (χ3v) is 5.84. The van der Waals surface area contributed by atoms with Crippen molar-refractivity contribution in [3.8, 4) is 5.75 Å². The van der Waals surface area contributed by atoms with Gasteiger partial charge in [-0.3, -0.25) is 9.59 Å². The van der Waals surface area contributed by atoms with E-state index in [1.165, 1.54) is 5.56 Å². The van der Waals surface area contributed by atoms with Crippen LogP contribution in [0.4, 0.5) is 0 Å². The largest absolute Gasteiger partial charge is 0.484 e. The molecule has 0 bridgehead atoms. The summed E-state index contributed by atoms with van der Waals surface area (Å²) >= 11 is 5.90. The van der Waals surface area contributed by atoms with Gasteiger partial charge in [0.2, 0.25) is 5.91 Å². The van der Waals surface area contributed by atoms with Crippen molar-refractivity contribution in [2.75, 3.05) is 19.7 Å². The molecule has 1 fully saturated rings. The van der Waals surface area contributed by atoms with Crippen LogP contribution in [0.15, 0.2) is 48.5 Å². The first-order valence-electron chi connectivity index (χ1n) is 11.1. The average molecular weight is 443 g/mol. The molecule has 0 atom stereocenters. The number of halogens is 1. The fraction of sp³-hybridized carbons (Fsp3) is 0.440. The number of nitrogens with one attached hydrogen (secondary N) is 1. The Morgan fingerprint density at radius 3 is 2.26 bits per heavy atom. The molecular formula is C25H31ClN2O3. The van der Waals surface area contributed by atoms with Crippen LogP contribution >= 0.6 is 11.6 Å². The molecule has 1 heterocycles. The second-order valence-corrected chi connectivity index (χ2v) is 8.47. The van der Waals surface area contributed by atoms with Crippen molar-refractivity contribution in [1.29, 1.82) is 0 Å². The van der Waals surface area contributed by atoms with E-state index in [1.807, 2.05) is 53.4 Å². The van der Waals surface area contributed by atoms with Gasteiger partial charge in [0.15, 0.2) is 6.61 Å². The van der Waals surface area contributed by atoms with Crippen LogP contribution in [0, 0.1) is 0 Å². The van der Waals surface area contributed by atoms with Crippen molar-refractivity contribution in [1.82, 2.24) is 10.2 Å². The van der Waals surface area contributed by atoms with E-state index in [-0.39, 0.29) is 24.5 Å². The Hall–Kier alpha value is -2.53. The predicted molar refractivity (Wildman–Crippen MR) is 123 cm³/mol. The number of amides is 2. The van der Waals surface area contributed by atoms with E-state index in [9.17, 15) is 9.59 Å². The predicted octanol–water partition coefficient (Wildman–Crippen LogP) is 4.41. The van der Waals surface area contributed by atoms with Gasteiger partial charge in [-0.2, -0.15) is 0 Å². The Kier molecular flexibility index (Phi) is 8.77. The number of rotatable bonds is 9.